The van der Waals surface area contributed by atoms with Crippen LogP contribution in [0, 0.1) is 0 Å². The molecular weight excluding hydrogens is 448 g/mol. The van der Waals surface area contributed by atoms with E-state index in [-0.39, 0.29) is 5.91 Å². The monoisotopic (exact) mass is 476 g/mol. The average molecular weight is 477 g/mol. The van der Waals surface area contributed by atoms with Crippen LogP contribution < -0.4 is 16.0 Å². The summed E-state index contributed by atoms with van der Waals surface area (Å²) in [5, 5.41) is 14.5. The molecule has 2 saturated heterocycles. The molecule has 2 aromatic rings. The highest BCUT2D eigenvalue weighted by Gasteiger charge is 2.18. The third kappa shape index (κ3) is 5.48. The topological polar surface area (TPSA) is 100 Å². The van der Waals surface area contributed by atoms with Gasteiger partial charge in [-0.3, -0.25) is 9.48 Å². The first-order valence-corrected chi connectivity index (χ1v) is 11.5. The number of likely N-dealkylation sites (tertiary alicyclic amines) is 1. The van der Waals surface area contributed by atoms with Crippen LogP contribution in [0.15, 0.2) is 23.1 Å². The van der Waals surface area contributed by atoms with E-state index in [4.69, 9.17) is 0 Å². The van der Waals surface area contributed by atoms with Crippen molar-refractivity contribution in [2.24, 2.45) is 0 Å². The number of rotatable bonds is 8. The lowest BCUT2D eigenvalue weighted by molar-refractivity contribution is -0.133. The van der Waals surface area contributed by atoms with Crippen molar-refractivity contribution in [2.75, 3.05) is 43.4 Å². The molecule has 0 atom stereocenters. The van der Waals surface area contributed by atoms with Gasteiger partial charge in [-0.15, -0.1) is 0 Å². The van der Waals surface area contributed by atoms with Crippen molar-refractivity contribution in [2.45, 2.75) is 44.6 Å². The Morgan fingerprint density at radius 3 is 2.93 bits per heavy atom. The minimum atomic E-state index is 0.279. The third-order valence-corrected chi connectivity index (χ3v) is 6.18. The molecule has 4 heterocycles. The van der Waals surface area contributed by atoms with Crippen molar-refractivity contribution < 1.29 is 4.79 Å². The molecule has 3 N–H and O–H groups in total. The van der Waals surface area contributed by atoms with Crippen LogP contribution >= 0.6 is 15.9 Å². The molecule has 30 heavy (non-hydrogen) atoms. The molecule has 0 spiro atoms. The maximum atomic E-state index is 11.9. The van der Waals surface area contributed by atoms with Crippen LogP contribution in [0.2, 0.25) is 0 Å². The van der Waals surface area contributed by atoms with E-state index in [1.54, 1.807) is 6.20 Å². The number of hydrogen-bond donors (Lipinski definition) is 3. The van der Waals surface area contributed by atoms with Gasteiger partial charge in [0.05, 0.1) is 22.4 Å². The summed E-state index contributed by atoms with van der Waals surface area (Å²) in [4.78, 5) is 22.8. The molecular formula is C20H29BrN8O. The molecule has 2 fully saturated rings. The fourth-order valence-electron chi connectivity index (χ4n) is 3.93. The van der Waals surface area contributed by atoms with Gasteiger partial charge in [0.2, 0.25) is 11.9 Å². The Morgan fingerprint density at radius 1 is 1.23 bits per heavy atom. The molecule has 0 bridgehead atoms. The van der Waals surface area contributed by atoms with Crippen molar-refractivity contribution in [3.05, 3.63) is 23.1 Å². The summed E-state index contributed by atoms with van der Waals surface area (Å²) in [6.45, 7) is 4.48. The molecule has 162 valence electrons. The third-order valence-electron chi connectivity index (χ3n) is 5.60. The Bertz CT molecular complexity index is 851. The Hall–Kier alpha value is -2.20. The predicted octanol–water partition coefficient (Wildman–Crippen LogP) is 2.92. The van der Waals surface area contributed by atoms with Gasteiger partial charge in [0, 0.05) is 38.4 Å². The summed E-state index contributed by atoms with van der Waals surface area (Å²) in [6, 6.07) is 0.441. The van der Waals surface area contributed by atoms with E-state index in [1.807, 2.05) is 22.0 Å². The first-order chi connectivity index (χ1) is 14.7. The maximum Gasteiger partial charge on any atom is 0.229 e. The Kier molecular flexibility index (Phi) is 7.16. The van der Waals surface area contributed by atoms with Gasteiger partial charge >= 0.3 is 0 Å². The smallest absolute Gasteiger partial charge is 0.229 e. The summed E-state index contributed by atoms with van der Waals surface area (Å²) in [7, 11) is 0. The lowest BCUT2D eigenvalue weighted by Crippen LogP contribution is -2.36. The summed E-state index contributed by atoms with van der Waals surface area (Å²) in [6.07, 6.45) is 11.5. The summed E-state index contributed by atoms with van der Waals surface area (Å²) < 4.78 is 2.84. The summed E-state index contributed by atoms with van der Waals surface area (Å²) >= 11 is 3.51. The van der Waals surface area contributed by atoms with E-state index in [1.165, 1.54) is 0 Å². The average Bonchev–Trinajstić information content (AvgIpc) is 3.23. The molecule has 10 heteroatoms. The maximum absolute atomic E-state index is 11.9. The lowest BCUT2D eigenvalue weighted by atomic mass is 10.1. The van der Waals surface area contributed by atoms with Crippen molar-refractivity contribution in [1.29, 1.82) is 0 Å². The van der Waals surface area contributed by atoms with Gasteiger partial charge in [0.25, 0.3) is 0 Å². The molecule has 0 unspecified atom stereocenters. The molecule has 0 aromatic carbocycles. The van der Waals surface area contributed by atoms with Crippen LogP contribution in [-0.4, -0.2) is 63.3 Å². The van der Waals surface area contributed by atoms with E-state index in [2.05, 4.69) is 46.9 Å². The summed E-state index contributed by atoms with van der Waals surface area (Å²) in [5.41, 5.74) is 0.880. The van der Waals surface area contributed by atoms with Gasteiger partial charge in [-0.2, -0.15) is 10.1 Å². The second-order valence-corrected chi connectivity index (χ2v) is 8.68. The van der Waals surface area contributed by atoms with Crippen LogP contribution in [-0.2, 0) is 4.79 Å². The normalized spacial score (nSPS) is 17.9. The van der Waals surface area contributed by atoms with E-state index < -0.39 is 0 Å². The van der Waals surface area contributed by atoms with Crippen LogP contribution in [0.25, 0.3) is 0 Å². The van der Waals surface area contributed by atoms with Gasteiger partial charge in [-0.25, -0.2) is 4.98 Å². The Labute approximate surface area is 185 Å². The van der Waals surface area contributed by atoms with Crippen molar-refractivity contribution in [3.8, 4) is 0 Å². The fraction of sp³-hybridized carbons (Fsp3) is 0.600. The summed E-state index contributed by atoms with van der Waals surface area (Å²) in [5.74, 6) is 1.54. The second kappa shape index (κ2) is 10.2. The van der Waals surface area contributed by atoms with E-state index >= 15 is 0 Å². The van der Waals surface area contributed by atoms with Gasteiger partial charge in [0.15, 0.2) is 0 Å². The Balaban J connectivity index is 1.29. The predicted molar refractivity (Wildman–Crippen MR) is 120 cm³/mol. The molecule has 0 saturated carbocycles. The first kappa shape index (κ1) is 21.0. The van der Waals surface area contributed by atoms with E-state index in [0.717, 1.165) is 80.8 Å². The number of anilines is 3. The number of halogens is 1. The zero-order valence-corrected chi connectivity index (χ0v) is 18.7. The largest absolute Gasteiger partial charge is 0.369 e. The number of amides is 1. The fourth-order valence-corrected chi connectivity index (χ4v) is 4.26. The second-order valence-electron chi connectivity index (χ2n) is 7.82. The number of carbonyl (C=O) groups is 1. The molecule has 9 nitrogen and oxygen atoms in total. The molecule has 2 aromatic heterocycles. The SMILES string of the molecule is O=C1CCCCN1CCCNc1nc(Nc2cnn(C3CCNCC3)c2)ncc1Br. The molecule has 1 amide bonds. The quantitative estimate of drug-likeness (QED) is 0.503. The van der Waals surface area contributed by atoms with Crippen molar-refractivity contribution in [1.82, 2.24) is 30.0 Å². The van der Waals surface area contributed by atoms with Crippen LogP contribution in [0.3, 0.4) is 0 Å². The van der Waals surface area contributed by atoms with E-state index in [0.29, 0.717) is 18.4 Å². The zero-order valence-electron chi connectivity index (χ0n) is 17.1. The lowest BCUT2D eigenvalue weighted by Gasteiger charge is -2.26. The standard InChI is InChI=1S/C20H29BrN8O/c21-17-13-24-20(26-15-12-25-29(14-15)16-5-8-22-9-6-16)27-19(17)23-7-3-11-28-10-2-1-4-18(28)30/h12-14,16,22H,1-11H2,(H2,23,24,26,27). The van der Waals surface area contributed by atoms with Crippen molar-refractivity contribution in [3.63, 3.8) is 0 Å². The number of carbonyl (C=O) groups excluding carboxylic acids is 1. The highest BCUT2D eigenvalue weighted by molar-refractivity contribution is 9.10. The van der Waals surface area contributed by atoms with Crippen molar-refractivity contribution >= 4 is 39.3 Å². The number of aromatic nitrogens is 4. The van der Waals surface area contributed by atoms with Crippen LogP contribution in [0.1, 0.15) is 44.6 Å². The minimum Gasteiger partial charge on any atom is -0.369 e. The molecule has 4 rings (SSSR count). The van der Waals surface area contributed by atoms with Crippen LogP contribution in [0.4, 0.5) is 17.5 Å². The van der Waals surface area contributed by atoms with Crippen LogP contribution in [0.5, 0.6) is 0 Å². The molecule has 0 aliphatic carbocycles. The number of hydrogen-bond acceptors (Lipinski definition) is 7. The Morgan fingerprint density at radius 2 is 2.10 bits per heavy atom. The van der Waals surface area contributed by atoms with Gasteiger partial charge in [-0.05, 0) is 61.1 Å². The highest BCUT2D eigenvalue weighted by Crippen LogP contribution is 2.24. The molecule has 0 radical (unpaired) electrons. The molecule has 2 aliphatic heterocycles. The number of nitrogens with zero attached hydrogens (tertiary/aromatic N) is 5. The van der Waals surface area contributed by atoms with Gasteiger partial charge < -0.3 is 20.9 Å². The van der Waals surface area contributed by atoms with Gasteiger partial charge in [-0.1, -0.05) is 0 Å². The highest BCUT2D eigenvalue weighted by atomic mass is 79.9. The van der Waals surface area contributed by atoms with E-state index in [9.17, 15) is 4.79 Å². The number of nitrogens with one attached hydrogen (secondary N) is 3. The minimum absolute atomic E-state index is 0.279. The zero-order chi connectivity index (χ0) is 20.8. The number of piperidine rings is 2. The molecule has 2 aliphatic rings. The first-order valence-electron chi connectivity index (χ1n) is 10.7. The van der Waals surface area contributed by atoms with Gasteiger partial charge in [0.1, 0.15) is 5.82 Å².